The Labute approximate surface area is 117 Å². The lowest BCUT2D eigenvalue weighted by Crippen LogP contribution is -2.40. The van der Waals surface area contributed by atoms with Gasteiger partial charge in [-0.2, -0.15) is 0 Å². The van der Waals surface area contributed by atoms with Crippen LogP contribution in [0.5, 0.6) is 11.5 Å². The number of hydrogen-bond donors (Lipinski definition) is 1. The average Bonchev–Trinajstić information content (AvgIpc) is 2.71. The Hall–Kier alpha value is -1.95. The number of hydrogen-bond acceptors (Lipinski definition) is 5. The molecule has 3 rings (SSSR count). The van der Waals surface area contributed by atoms with Gasteiger partial charge in [0.1, 0.15) is 0 Å². The van der Waals surface area contributed by atoms with Crippen molar-refractivity contribution in [2.45, 2.75) is 6.42 Å². The summed E-state index contributed by atoms with van der Waals surface area (Å²) in [6.45, 7) is 3.41. The van der Waals surface area contributed by atoms with E-state index in [1.807, 2.05) is 0 Å². The van der Waals surface area contributed by atoms with Gasteiger partial charge in [0.15, 0.2) is 11.5 Å². The molecule has 1 amide bonds. The van der Waals surface area contributed by atoms with E-state index in [0.717, 1.165) is 6.42 Å². The van der Waals surface area contributed by atoms with Crippen LogP contribution in [0.2, 0.25) is 0 Å². The average molecular weight is 278 g/mol. The van der Waals surface area contributed by atoms with Crippen LogP contribution < -0.4 is 15.2 Å². The van der Waals surface area contributed by atoms with E-state index in [1.165, 1.54) is 0 Å². The summed E-state index contributed by atoms with van der Waals surface area (Å²) in [4.78, 5) is 14.4. The summed E-state index contributed by atoms with van der Waals surface area (Å²) in [6, 6.07) is 3.36. The summed E-state index contributed by atoms with van der Waals surface area (Å²) in [7, 11) is 0. The molecule has 2 heterocycles. The summed E-state index contributed by atoms with van der Waals surface area (Å²) in [5.74, 6) is 0.981. The number of amides is 1. The SMILES string of the molecule is Nc1cc2c(c(C(=O)N3CCOCC3)c1)OCCCO2. The lowest BCUT2D eigenvalue weighted by molar-refractivity contribution is 0.0300. The van der Waals surface area contributed by atoms with Crippen LogP contribution in [-0.4, -0.2) is 50.3 Å². The Balaban J connectivity index is 1.95. The van der Waals surface area contributed by atoms with Crippen molar-refractivity contribution in [1.82, 2.24) is 4.90 Å². The Morgan fingerprint density at radius 3 is 2.65 bits per heavy atom. The van der Waals surface area contributed by atoms with Crippen LogP contribution >= 0.6 is 0 Å². The van der Waals surface area contributed by atoms with Gasteiger partial charge in [-0.1, -0.05) is 0 Å². The van der Waals surface area contributed by atoms with Crippen LogP contribution in [-0.2, 0) is 4.74 Å². The summed E-state index contributed by atoms with van der Waals surface area (Å²) in [6.07, 6.45) is 0.791. The molecule has 1 saturated heterocycles. The highest BCUT2D eigenvalue weighted by Gasteiger charge is 2.25. The van der Waals surface area contributed by atoms with E-state index in [4.69, 9.17) is 19.9 Å². The lowest BCUT2D eigenvalue weighted by Gasteiger charge is -2.27. The maximum atomic E-state index is 12.6. The first-order valence-corrected chi connectivity index (χ1v) is 6.82. The Morgan fingerprint density at radius 2 is 1.85 bits per heavy atom. The molecule has 0 unspecified atom stereocenters. The Bertz CT molecular complexity index is 512. The predicted octanol–water partition coefficient (Wildman–Crippen LogP) is 0.903. The molecule has 1 fully saturated rings. The highest BCUT2D eigenvalue weighted by atomic mass is 16.5. The number of nitrogens with two attached hydrogens (primary N) is 1. The van der Waals surface area contributed by atoms with Gasteiger partial charge in [-0.15, -0.1) is 0 Å². The van der Waals surface area contributed by atoms with Crippen molar-refractivity contribution in [3.63, 3.8) is 0 Å². The summed E-state index contributed by atoms with van der Waals surface area (Å²) in [5.41, 5.74) is 6.85. The molecular formula is C14H18N2O4. The fraction of sp³-hybridized carbons (Fsp3) is 0.500. The van der Waals surface area contributed by atoms with Crippen molar-refractivity contribution in [3.05, 3.63) is 17.7 Å². The first-order valence-electron chi connectivity index (χ1n) is 6.82. The summed E-state index contributed by atoms with van der Waals surface area (Å²) < 4.78 is 16.6. The molecule has 0 aliphatic carbocycles. The highest BCUT2D eigenvalue weighted by Crippen LogP contribution is 2.36. The fourth-order valence-electron chi connectivity index (χ4n) is 2.39. The van der Waals surface area contributed by atoms with Crippen LogP contribution in [0.15, 0.2) is 12.1 Å². The van der Waals surface area contributed by atoms with Crippen LogP contribution in [0.25, 0.3) is 0 Å². The monoisotopic (exact) mass is 278 g/mol. The first kappa shape index (κ1) is 13.1. The molecule has 2 aliphatic heterocycles. The van der Waals surface area contributed by atoms with Crippen molar-refractivity contribution in [2.24, 2.45) is 0 Å². The number of ether oxygens (including phenoxy) is 3. The zero-order valence-electron chi connectivity index (χ0n) is 11.3. The largest absolute Gasteiger partial charge is 0.489 e. The van der Waals surface area contributed by atoms with E-state index in [0.29, 0.717) is 62.3 Å². The normalized spacial score (nSPS) is 18.5. The fourth-order valence-corrected chi connectivity index (χ4v) is 2.39. The molecule has 6 heteroatoms. The molecule has 108 valence electrons. The van der Waals surface area contributed by atoms with Gasteiger partial charge in [0, 0.05) is 31.3 Å². The topological polar surface area (TPSA) is 74.0 Å². The summed E-state index contributed by atoms with van der Waals surface area (Å²) >= 11 is 0. The van der Waals surface area contributed by atoms with Crippen LogP contribution in [0.1, 0.15) is 16.8 Å². The predicted molar refractivity (Wildman–Crippen MR) is 73.2 cm³/mol. The Kier molecular flexibility index (Phi) is 3.64. The lowest BCUT2D eigenvalue weighted by atomic mass is 10.1. The van der Waals surface area contributed by atoms with Crippen molar-refractivity contribution in [3.8, 4) is 11.5 Å². The molecular weight excluding hydrogens is 260 g/mol. The number of nitrogens with zero attached hydrogens (tertiary/aromatic N) is 1. The van der Waals surface area contributed by atoms with Gasteiger partial charge < -0.3 is 24.8 Å². The van der Waals surface area contributed by atoms with E-state index in [-0.39, 0.29) is 5.91 Å². The molecule has 20 heavy (non-hydrogen) atoms. The number of fused-ring (bicyclic) bond motifs is 1. The smallest absolute Gasteiger partial charge is 0.258 e. The third-order valence-corrected chi connectivity index (χ3v) is 3.40. The van der Waals surface area contributed by atoms with Gasteiger partial charge in [-0.05, 0) is 6.07 Å². The minimum atomic E-state index is -0.0812. The van der Waals surface area contributed by atoms with E-state index >= 15 is 0 Å². The molecule has 1 aromatic rings. The molecule has 6 nitrogen and oxygen atoms in total. The highest BCUT2D eigenvalue weighted by molar-refractivity contribution is 5.99. The number of rotatable bonds is 1. The zero-order valence-corrected chi connectivity index (χ0v) is 11.3. The van der Waals surface area contributed by atoms with Crippen LogP contribution in [0, 0.1) is 0 Å². The van der Waals surface area contributed by atoms with Crippen LogP contribution in [0.4, 0.5) is 5.69 Å². The molecule has 0 atom stereocenters. The molecule has 0 saturated carbocycles. The van der Waals surface area contributed by atoms with Crippen molar-refractivity contribution >= 4 is 11.6 Å². The van der Waals surface area contributed by atoms with Crippen molar-refractivity contribution in [1.29, 1.82) is 0 Å². The quantitative estimate of drug-likeness (QED) is 0.773. The number of carbonyl (C=O) groups excluding carboxylic acids is 1. The maximum absolute atomic E-state index is 12.6. The standard InChI is InChI=1S/C14H18N2O4/c15-10-8-11(14(17)16-2-6-18-7-3-16)13-12(9-10)19-4-1-5-20-13/h8-9H,1-7,15H2. The van der Waals surface area contributed by atoms with E-state index in [1.54, 1.807) is 17.0 Å². The van der Waals surface area contributed by atoms with E-state index in [2.05, 4.69) is 0 Å². The third kappa shape index (κ3) is 2.51. The van der Waals surface area contributed by atoms with Gasteiger partial charge in [-0.3, -0.25) is 4.79 Å². The van der Waals surface area contributed by atoms with E-state index in [9.17, 15) is 4.79 Å². The molecule has 2 aliphatic rings. The Morgan fingerprint density at radius 1 is 1.10 bits per heavy atom. The molecule has 0 spiro atoms. The van der Waals surface area contributed by atoms with Crippen LogP contribution in [0.3, 0.4) is 0 Å². The van der Waals surface area contributed by atoms with Crippen molar-refractivity contribution < 1.29 is 19.0 Å². The van der Waals surface area contributed by atoms with E-state index < -0.39 is 0 Å². The molecule has 0 aromatic heterocycles. The summed E-state index contributed by atoms with van der Waals surface area (Å²) in [5, 5.41) is 0. The number of nitrogen functional groups attached to an aromatic ring is 1. The number of benzene rings is 1. The minimum absolute atomic E-state index is 0.0812. The number of carbonyl (C=O) groups is 1. The second-order valence-electron chi connectivity index (χ2n) is 4.85. The first-order chi connectivity index (χ1) is 9.75. The number of morpholine rings is 1. The van der Waals surface area contributed by atoms with Gasteiger partial charge >= 0.3 is 0 Å². The minimum Gasteiger partial charge on any atom is -0.489 e. The third-order valence-electron chi connectivity index (χ3n) is 3.40. The molecule has 1 aromatic carbocycles. The van der Waals surface area contributed by atoms with Gasteiger partial charge in [0.05, 0.1) is 32.0 Å². The van der Waals surface area contributed by atoms with Crippen molar-refractivity contribution in [2.75, 3.05) is 45.3 Å². The second kappa shape index (κ2) is 5.58. The van der Waals surface area contributed by atoms with Gasteiger partial charge in [0.25, 0.3) is 5.91 Å². The second-order valence-corrected chi connectivity index (χ2v) is 4.85. The number of anilines is 1. The zero-order chi connectivity index (χ0) is 13.9. The molecule has 2 N–H and O–H groups in total. The molecule has 0 bridgehead atoms. The maximum Gasteiger partial charge on any atom is 0.258 e. The van der Waals surface area contributed by atoms with Gasteiger partial charge in [-0.25, -0.2) is 0 Å². The molecule has 0 radical (unpaired) electrons. The van der Waals surface area contributed by atoms with Gasteiger partial charge in [0.2, 0.25) is 0 Å².